The van der Waals surface area contributed by atoms with E-state index in [-0.39, 0.29) is 23.2 Å². The van der Waals surface area contributed by atoms with Gasteiger partial charge in [0.25, 0.3) is 5.91 Å². The maximum atomic E-state index is 12.5. The third-order valence-electron chi connectivity index (χ3n) is 3.44. The number of carbonyl (C=O) groups is 2. The molecule has 1 saturated heterocycles. The Bertz CT molecular complexity index is 524. The molecule has 0 radical (unpaired) electrons. The molecule has 1 fully saturated rings. The number of thiazole rings is 1. The topological polar surface area (TPSA) is 70.5 Å². The smallest absolute Gasteiger partial charge is 0.265 e. The van der Waals surface area contributed by atoms with Gasteiger partial charge in [-0.05, 0) is 18.3 Å². The number of ketones is 1. The zero-order valence-electron chi connectivity index (χ0n) is 12.0. The molecule has 2 rings (SSSR count). The number of rotatable bonds is 2. The quantitative estimate of drug-likeness (QED) is 0.847. The predicted octanol–water partition coefficient (Wildman–Crippen LogP) is 1.97. The minimum atomic E-state index is -0.364. The molecule has 1 aromatic heterocycles. The van der Waals surface area contributed by atoms with Gasteiger partial charge in [0.1, 0.15) is 4.88 Å². The first kappa shape index (κ1) is 15.1. The SMILES string of the molecule is CC(=O)c1ncc(C(=O)N2CC[C@@H](O)CC(C)(C)C2)s1. The van der Waals surface area contributed by atoms with Crippen molar-refractivity contribution < 1.29 is 14.7 Å². The highest BCUT2D eigenvalue weighted by molar-refractivity contribution is 7.15. The van der Waals surface area contributed by atoms with Crippen LogP contribution in [0.2, 0.25) is 0 Å². The first-order valence-corrected chi connectivity index (χ1v) is 7.54. The highest BCUT2D eigenvalue weighted by Gasteiger charge is 2.32. The Labute approximate surface area is 122 Å². The van der Waals surface area contributed by atoms with E-state index in [1.165, 1.54) is 13.1 Å². The molecular weight excluding hydrogens is 276 g/mol. The lowest BCUT2D eigenvalue weighted by molar-refractivity contribution is 0.0709. The lowest BCUT2D eigenvalue weighted by Gasteiger charge is -2.29. The zero-order valence-corrected chi connectivity index (χ0v) is 12.9. The van der Waals surface area contributed by atoms with Crippen molar-refractivity contribution >= 4 is 23.0 Å². The summed E-state index contributed by atoms with van der Waals surface area (Å²) in [6.45, 7) is 6.69. The van der Waals surface area contributed by atoms with Gasteiger partial charge in [0.2, 0.25) is 0 Å². The molecule has 1 N–H and O–H groups in total. The molecule has 0 spiro atoms. The van der Waals surface area contributed by atoms with Crippen molar-refractivity contribution in [3.8, 4) is 0 Å². The molecular formula is C14H20N2O3S. The molecule has 1 atom stereocenters. The van der Waals surface area contributed by atoms with Crippen LogP contribution < -0.4 is 0 Å². The Balaban J connectivity index is 2.16. The van der Waals surface area contributed by atoms with E-state index in [9.17, 15) is 14.7 Å². The first-order valence-electron chi connectivity index (χ1n) is 6.72. The number of likely N-dealkylation sites (tertiary alicyclic amines) is 1. The average molecular weight is 296 g/mol. The molecule has 6 heteroatoms. The van der Waals surface area contributed by atoms with Crippen LogP contribution in [0.3, 0.4) is 0 Å². The largest absolute Gasteiger partial charge is 0.393 e. The standard InChI is InChI=1S/C14H20N2O3S/c1-9(17)12-15-7-11(20-12)13(19)16-5-4-10(18)6-14(2,3)8-16/h7,10,18H,4-6,8H2,1-3H3/t10-/m1/s1. The molecule has 2 heterocycles. The van der Waals surface area contributed by atoms with Crippen molar-refractivity contribution in [1.82, 2.24) is 9.88 Å². The molecule has 0 aromatic carbocycles. The van der Waals surface area contributed by atoms with Gasteiger partial charge in [-0.25, -0.2) is 4.98 Å². The van der Waals surface area contributed by atoms with Crippen LogP contribution >= 0.6 is 11.3 Å². The Hall–Kier alpha value is -1.27. The van der Waals surface area contributed by atoms with Crippen LogP contribution in [0.4, 0.5) is 0 Å². The lowest BCUT2D eigenvalue weighted by atomic mass is 9.87. The summed E-state index contributed by atoms with van der Waals surface area (Å²) in [6, 6.07) is 0. The van der Waals surface area contributed by atoms with E-state index >= 15 is 0 Å². The molecule has 1 aliphatic rings. The van der Waals surface area contributed by atoms with Gasteiger partial charge in [0.05, 0.1) is 12.3 Å². The molecule has 0 aliphatic carbocycles. The Kier molecular flexibility index (Phi) is 4.25. The number of aliphatic hydroxyl groups is 1. The zero-order chi connectivity index (χ0) is 14.9. The van der Waals surface area contributed by atoms with Crippen LogP contribution in [0.5, 0.6) is 0 Å². The van der Waals surface area contributed by atoms with E-state index in [0.717, 1.165) is 11.3 Å². The van der Waals surface area contributed by atoms with Gasteiger partial charge in [-0.3, -0.25) is 9.59 Å². The number of aromatic nitrogens is 1. The van der Waals surface area contributed by atoms with Crippen molar-refractivity contribution in [3.05, 3.63) is 16.1 Å². The van der Waals surface area contributed by atoms with E-state index in [2.05, 4.69) is 18.8 Å². The molecule has 1 aromatic rings. The van der Waals surface area contributed by atoms with Gasteiger partial charge >= 0.3 is 0 Å². The molecule has 0 bridgehead atoms. The number of amides is 1. The minimum absolute atomic E-state index is 0.0998. The van der Waals surface area contributed by atoms with E-state index in [1.54, 1.807) is 4.90 Å². The molecule has 5 nitrogen and oxygen atoms in total. The first-order chi connectivity index (χ1) is 9.28. The second-order valence-electron chi connectivity index (χ2n) is 6.12. The average Bonchev–Trinajstić information content (AvgIpc) is 2.77. The fourth-order valence-electron chi connectivity index (χ4n) is 2.57. The monoisotopic (exact) mass is 296 g/mol. The van der Waals surface area contributed by atoms with Crippen LogP contribution in [0.1, 0.15) is 53.1 Å². The normalized spacial score (nSPS) is 22.4. The van der Waals surface area contributed by atoms with Crippen molar-refractivity contribution in [2.45, 2.75) is 39.7 Å². The molecule has 1 amide bonds. The van der Waals surface area contributed by atoms with Crippen LogP contribution in [0.25, 0.3) is 0 Å². The van der Waals surface area contributed by atoms with Crippen LogP contribution in [0, 0.1) is 5.41 Å². The van der Waals surface area contributed by atoms with Gasteiger partial charge in [-0.1, -0.05) is 13.8 Å². The maximum Gasteiger partial charge on any atom is 0.265 e. The molecule has 0 saturated carbocycles. The van der Waals surface area contributed by atoms with Gasteiger partial charge in [0, 0.05) is 20.0 Å². The van der Waals surface area contributed by atoms with Crippen LogP contribution in [-0.4, -0.2) is 45.9 Å². The van der Waals surface area contributed by atoms with Gasteiger partial charge in [-0.2, -0.15) is 0 Å². The summed E-state index contributed by atoms with van der Waals surface area (Å²) >= 11 is 1.14. The van der Waals surface area contributed by atoms with E-state index < -0.39 is 0 Å². The Morgan fingerprint density at radius 3 is 2.80 bits per heavy atom. The third kappa shape index (κ3) is 3.43. The summed E-state index contributed by atoms with van der Waals surface area (Å²) in [5, 5.41) is 10.2. The number of Topliss-reactive ketones (excluding diaryl/α,β-unsaturated/α-hetero) is 1. The summed E-state index contributed by atoms with van der Waals surface area (Å²) in [5.41, 5.74) is -0.111. The molecule has 0 unspecified atom stereocenters. The van der Waals surface area contributed by atoms with Gasteiger partial charge < -0.3 is 10.0 Å². The highest BCUT2D eigenvalue weighted by Crippen LogP contribution is 2.29. The predicted molar refractivity (Wildman–Crippen MR) is 77.0 cm³/mol. The van der Waals surface area contributed by atoms with E-state index in [1.807, 2.05) is 0 Å². The van der Waals surface area contributed by atoms with Crippen molar-refractivity contribution in [3.63, 3.8) is 0 Å². The number of hydrogen-bond acceptors (Lipinski definition) is 5. The minimum Gasteiger partial charge on any atom is -0.393 e. The van der Waals surface area contributed by atoms with Crippen LogP contribution in [-0.2, 0) is 0 Å². The third-order valence-corrected chi connectivity index (χ3v) is 4.53. The highest BCUT2D eigenvalue weighted by atomic mass is 32.1. The lowest BCUT2D eigenvalue weighted by Crippen LogP contribution is -2.37. The summed E-state index contributed by atoms with van der Waals surface area (Å²) in [5.74, 6) is -0.224. The maximum absolute atomic E-state index is 12.5. The number of nitrogens with zero attached hydrogens (tertiary/aromatic N) is 2. The van der Waals surface area contributed by atoms with Gasteiger partial charge in [-0.15, -0.1) is 11.3 Å². The fourth-order valence-corrected chi connectivity index (χ4v) is 3.35. The molecule has 110 valence electrons. The molecule has 20 heavy (non-hydrogen) atoms. The van der Waals surface area contributed by atoms with E-state index in [4.69, 9.17) is 0 Å². The van der Waals surface area contributed by atoms with E-state index in [0.29, 0.717) is 35.8 Å². The summed E-state index contributed by atoms with van der Waals surface area (Å²) in [6.07, 6.45) is 2.39. The molecule has 1 aliphatic heterocycles. The summed E-state index contributed by atoms with van der Waals surface area (Å²) in [4.78, 5) is 30.0. The second-order valence-corrected chi connectivity index (χ2v) is 7.15. The number of carbonyl (C=O) groups excluding carboxylic acids is 2. The summed E-state index contributed by atoms with van der Waals surface area (Å²) in [7, 11) is 0. The van der Waals surface area contributed by atoms with Crippen molar-refractivity contribution in [1.29, 1.82) is 0 Å². The Morgan fingerprint density at radius 1 is 1.50 bits per heavy atom. The summed E-state index contributed by atoms with van der Waals surface area (Å²) < 4.78 is 0. The van der Waals surface area contributed by atoms with Crippen molar-refractivity contribution in [2.75, 3.05) is 13.1 Å². The van der Waals surface area contributed by atoms with Crippen LogP contribution in [0.15, 0.2) is 6.20 Å². The second kappa shape index (κ2) is 5.61. The Morgan fingerprint density at radius 2 is 2.20 bits per heavy atom. The van der Waals surface area contributed by atoms with Crippen molar-refractivity contribution in [2.24, 2.45) is 5.41 Å². The van der Waals surface area contributed by atoms with Gasteiger partial charge in [0.15, 0.2) is 10.8 Å². The number of aliphatic hydroxyl groups excluding tert-OH is 1. The number of hydrogen-bond donors (Lipinski definition) is 1. The fraction of sp³-hybridized carbons (Fsp3) is 0.643.